The molecule has 0 aromatic rings. The molecule has 1 saturated heterocycles. The predicted molar refractivity (Wildman–Crippen MR) is 76.6 cm³/mol. The van der Waals surface area contributed by atoms with E-state index < -0.39 is 12.0 Å². The molecule has 0 radical (unpaired) electrons. The Morgan fingerprint density at radius 2 is 2.28 bits per heavy atom. The summed E-state index contributed by atoms with van der Waals surface area (Å²) in [6.07, 6.45) is 3.19. The second kappa shape index (κ2) is 7.74. The molecule has 0 bridgehead atoms. The van der Waals surface area contributed by atoms with E-state index in [4.69, 9.17) is 5.11 Å². The summed E-state index contributed by atoms with van der Waals surface area (Å²) in [6, 6.07) is -0.620. The minimum absolute atomic E-state index is 0.0356. The van der Waals surface area contributed by atoms with Crippen molar-refractivity contribution in [1.82, 2.24) is 4.90 Å². The molecule has 0 saturated carbocycles. The SMILES string of the molecule is C=CCSSC[C@@H](C)C(=O)N1CCC[C@H]1C(=O)O. The lowest BCUT2D eigenvalue weighted by Crippen LogP contribution is -2.43. The number of nitrogens with zero attached hydrogens (tertiary/aromatic N) is 1. The summed E-state index contributed by atoms with van der Waals surface area (Å²) in [5, 5.41) is 9.05. The van der Waals surface area contributed by atoms with Crippen LogP contribution in [0.2, 0.25) is 0 Å². The third-order valence-corrected chi connectivity index (χ3v) is 5.32. The van der Waals surface area contributed by atoms with Crippen LogP contribution in [0.3, 0.4) is 0 Å². The Morgan fingerprint density at radius 1 is 1.56 bits per heavy atom. The van der Waals surface area contributed by atoms with Crippen LogP contribution in [0.4, 0.5) is 0 Å². The molecular weight excluding hydrogens is 270 g/mol. The van der Waals surface area contributed by atoms with E-state index in [1.165, 1.54) is 4.90 Å². The van der Waals surface area contributed by atoms with Crippen LogP contribution in [0.15, 0.2) is 12.7 Å². The molecule has 6 heteroatoms. The molecule has 1 rings (SSSR count). The van der Waals surface area contributed by atoms with Gasteiger partial charge in [0.05, 0.1) is 0 Å². The van der Waals surface area contributed by atoms with Gasteiger partial charge in [0.1, 0.15) is 6.04 Å². The fourth-order valence-corrected chi connectivity index (χ4v) is 4.00. The fraction of sp³-hybridized carbons (Fsp3) is 0.667. The summed E-state index contributed by atoms with van der Waals surface area (Å²) in [5.74, 6) is 0.508. The third-order valence-electron chi connectivity index (χ3n) is 2.83. The highest BCUT2D eigenvalue weighted by molar-refractivity contribution is 8.76. The van der Waals surface area contributed by atoms with Crippen molar-refractivity contribution in [3.8, 4) is 0 Å². The van der Waals surface area contributed by atoms with Crippen molar-refractivity contribution in [3.63, 3.8) is 0 Å². The van der Waals surface area contributed by atoms with Crippen LogP contribution in [0.25, 0.3) is 0 Å². The summed E-state index contributed by atoms with van der Waals surface area (Å²) in [6.45, 7) is 6.07. The number of likely N-dealkylation sites (tertiary alicyclic amines) is 1. The molecule has 1 fully saturated rings. The maximum absolute atomic E-state index is 12.1. The van der Waals surface area contributed by atoms with Gasteiger partial charge >= 0.3 is 5.97 Å². The van der Waals surface area contributed by atoms with Gasteiger partial charge in [0, 0.05) is 24.0 Å². The first-order valence-electron chi connectivity index (χ1n) is 5.96. The van der Waals surface area contributed by atoms with Gasteiger partial charge in [0.15, 0.2) is 0 Å². The average Bonchev–Trinajstić information content (AvgIpc) is 2.82. The lowest BCUT2D eigenvalue weighted by molar-refractivity contribution is -0.149. The minimum atomic E-state index is -0.887. The first-order chi connectivity index (χ1) is 8.57. The lowest BCUT2D eigenvalue weighted by Gasteiger charge is -2.24. The van der Waals surface area contributed by atoms with Crippen molar-refractivity contribution in [2.24, 2.45) is 5.92 Å². The van der Waals surface area contributed by atoms with Crippen LogP contribution in [-0.4, -0.2) is 46.0 Å². The van der Waals surface area contributed by atoms with Crippen LogP contribution in [0.5, 0.6) is 0 Å². The maximum atomic E-state index is 12.1. The Bertz CT molecular complexity index is 322. The van der Waals surface area contributed by atoms with Gasteiger partial charge in [-0.3, -0.25) is 4.79 Å². The number of carbonyl (C=O) groups excluding carboxylic acids is 1. The molecule has 1 amide bonds. The lowest BCUT2D eigenvalue weighted by atomic mass is 10.1. The third kappa shape index (κ3) is 4.24. The summed E-state index contributed by atoms with van der Waals surface area (Å²) in [4.78, 5) is 24.7. The Morgan fingerprint density at radius 3 is 2.89 bits per heavy atom. The van der Waals surface area contributed by atoms with Crippen LogP contribution in [-0.2, 0) is 9.59 Å². The van der Waals surface area contributed by atoms with E-state index in [1.54, 1.807) is 21.6 Å². The highest BCUT2D eigenvalue weighted by Gasteiger charge is 2.35. The second-order valence-corrected chi connectivity index (χ2v) is 6.84. The van der Waals surface area contributed by atoms with Crippen LogP contribution in [0.1, 0.15) is 19.8 Å². The fourth-order valence-electron chi connectivity index (χ4n) is 1.89. The first kappa shape index (κ1) is 15.4. The van der Waals surface area contributed by atoms with E-state index in [9.17, 15) is 9.59 Å². The van der Waals surface area contributed by atoms with E-state index >= 15 is 0 Å². The van der Waals surface area contributed by atoms with Crippen LogP contribution in [0, 0.1) is 5.92 Å². The van der Waals surface area contributed by atoms with Crippen LogP contribution >= 0.6 is 21.6 Å². The number of aliphatic carboxylic acids is 1. The first-order valence-corrected chi connectivity index (χ1v) is 8.45. The summed E-state index contributed by atoms with van der Waals surface area (Å²) >= 11 is 0. The molecule has 0 aromatic heterocycles. The van der Waals surface area contributed by atoms with Crippen molar-refractivity contribution in [2.75, 3.05) is 18.1 Å². The van der Waals surface area contributed by atoms with E-state index in [2.05, 4.69) is 6.58 Å². The number of hydrogen-bond acceptors (Lipinski definition) is 4. The molecule has 0 aromatic carbocycles. The van der Waals surface area contributed by atoms with Gasteiger partial charge < -0.3 is 10.0 Å². The highest BCUT2D eigenvalue weighted by atomic mass is 33.1. The molecule has 1 aliphatic heterocycles. The van der Waals surface area contributed by atoms with E-state index in [-0.39, 0.29) is 11.8 Å². The second-order valence-electron chi connectivity index (χ2n) is 4.29. The van der Waals surface area contributed by atoms with Crippen molar-refractivity contribution in [3.05, 3.63) is 12.7 Å². The quantitative estimate of drug-likeness (QED) is 0.442. The molecule has 1 aliphatic rings. The van der Waals surface area contributed by atoms with Gasteiger partial charge in [-0.1, -0.05) is 34.6 Å². The number of rotatable bonds is 7. The van der Waals surface area contributed by atoms with Gasteiger partial charge in [-0.05, 0) is 12.8 Å². The number of carboxylic acids is 1. The zero-order valence-corrected chi connectivity index (χ0v) is 12.1. The van der Waals surface area contributed by atoms with Crippen LogP contribution < -0.4 is 0 Å². The molecule has 18 heavy (non-hydrogen) atoms. The zero-order chi connectivity index (χ0) is 13.5. The summed E-state index contributed by atoms with van der Waals surface area (Å²) in [5.41, 5.74) is 0. The average molecular weight is 289 g/mol. The van der Waals surface area contributed by atoms with Crippen molar-refractivity contribution in [2.45, 2.75) is 25.8 Å². The molecule has 0 spiro atoms. The number of amides is 1. The maximum Gasteiger partial charge on any atom is 0.326 e. The largest absolute Gasteiger partial charge is 0.480 e. The van der Waals surface area contributed by atoms with E-state index in [0.29, 0.717) is 18.7 Å². The summed E-state index contributed by atoms with van der Waals surface area (Å²) in [7, 11) is 3.29. The van der Waals surface area contributed by atoms with Gasteiger partial charge in [0.25, 0.3) is 0 Å². The van der Waals surface area contributed by atoms with Gasteiger partial charge in [-0.2, -0.15) is 0 Å². The Kier molecular flexibility index (Phi) is 6.63. The molecule has 0 aliphatic carbocycles. The number of hydrogen-bond donors (Lipinski definition) is 1. The monoisotopic (exact) mass is 289 g/mol. The summed E-state index contributed by atoms with van der Waals surface area (Å²) < 4.78 is 0. The normalized spacial score (nSPS) is 20.7. The molecule has 2 atom stereocenters. The Labute approximate surface area is 116 Å². The number of carboxylic acid groups (broad SMARTS) is 1. The van der Waals surface area contributed by atoms with Gasteiger partial charge in [-0.15, -0.1) is 6.58 Å². The molecule has 1 heterocycles. The van der Waals surface area contributed by atoms with Gasteiger partial charge in [-0.25, -0.2) is 4.79 Å². The molecule has 4 nitrogen and oxygen atoms in total. The molecular formula is C12H19NO3S2. The van der Waals surface area contributed by atoms with Gasteiger partial charge in [0.2, 0.25) is 5.91 Å². The van der Waals surface area contributed by atoms with Crippen molar-refractivity contribution >= 4 is 33.5 Å². The van der Waals surface area contributed by atoms with E-state index in [1.807, 2.05) is 13.0 Å². The van der Waals surface area contributed by atoms with E-state index in [0.717, 1.165) is 12.2 Å². The molecule has 102 valence electrons. The molecule has 0 unspecified atom stereocenters. The highest BCUT2D eigenvalue weighted by Crippen LogP contribution is 2.26. The topological polar surface area (TPSA) is 57.6 Å². The Hall–Kier alpha value is -0.620. The number of carbonyl (C=O) groups is 2. The molecule has 1 N–H and O–H groups in total. The smallest absolute Gasteiger partial charge is 0.326 e. The standard InChI is InChI=1S/C12H19NO3S2/c1-3-7-17-18-8-9(2)11(14)13-6-4-5-10(13)12(15)16/h3,9-10H,1,4-8H2,2H3,(H,15,16)/t9-,10+/m1/s1. The minimum Gasteiger partial charge on any atom is -0.480 e. The zero-order valence-electron chi connectivity index (χ0n) is 10.5. The van der Waals surface area contributed by atoms with Crippen molar-refractivity contribution in [1.29, 1.82) is 0 Å². The van der Waals surface area contributed by atoms with Crippen molar-refractivity contribution < 1.29 is 14.7 Å². The predicted octanol–water partition coefficient (Wildman–Crippen LogP) is 2.27. The Balaban J connectivity index is 2.42.